The Morgan fingerprint density at radius 1 is 1.19 bits per heavy atom. The highest BCUT2D eigenvalue weighted by Gasteiger charge is 2.41. The van der Waals surface area contributed by atoms with Gasteiger partial charge in [-0.1, -0.05) is 25.7 Å². The molecule has 120 valence electrons. The van der Waals surface area contributed by atoms with Gasteiger partial charge in [-0.05, 0) is 25.8 Å². The maximum Gasteiger partial charge on any atom is 0.247 e. The Hall–Kier alpha value is -0.750. The molecule has 0 aromatic rings. The molecule has 0 spiro atoms. The second kappa shape index (κ2) is 8.03. The SMILES string of the molecule is CS(=O)CCCNC1CC(=O)N(C2CCCCCC2)C1=O. The van der Waals surface area contributed by atoms with Crippen LogP contribution in [-0.4, -0.2) is 51.6 Å². The van der Waals surface area contributed by atoms with Crippen LogP contribution in [-0.2, 0) is 20.4 Å². The number of rotatable bonds is 6. The Kier molecular flexibility index (Phi) is 6.36. The van der Waals surface area contributed by atoms with Crippen molar-refractivity contribution in [3.05, 3.63) is 0 Å². The fraction of sp³-hybridized carbons (Fsp3) is 0.867. The van der Waals surface area contributed by atoms with E-state index in [2.05, 4.69) is 5.32 Å². The minimum atomic E-state index is -0.799. The van der Waals surface area contributed by atoms with E-state index in [-0.39, 0.29) is 30.3 Å². The second-order valence-corrected chi connectivity index (χ2v) is 7.64. The minimum Gasteiger partial charge on any atom is -0.305 e. The number of nitrogens with zero attached hydrogens (tertiary/aromatic N) is 1. The Bertz CT molecular complexity index is 406. The maximum absolute atomic E-state index is 12.4. The number of hydrogen-bond donors (Lipinski definition) is 1. The minimum absolute atomic E-state index is 0.0246. The molecule has 0 radical (unpaired) electrons. The molecule has 1 saturated heterocycles. The average molecular weight is 314 g/mol. The molecule has 6 heteroatoms. The highest BCUT2D eigenvalue weighted by Crippen LogP contribution is 2.26. The van der Waals surface area contributed by atoms with Gasteiger partial charge in [0.2, 0.25) is 11.8 Å². The quantitative estimate of drug-likeness (QED) is 0.454. The van der Waals surface area contributed by atoms with Gasteiger partial charge in [0.05, 0.1) is 12.5 Å². The van der Waals surface area contributed by atoms with Crippen molar-refractivity contribution in [2.24, 2.45) is 0 Å². The molecular formula is C15H26N2O3S. The van der Waals surface area contributed by atoms with Crippen LogP contribution in [0.3, 0.4) is 0 Å². The first-order chi connectivity index (χ1) is 10.1. The lowest BCUT2D eigenvalue weighted by Gasteiger charge is -2.25. The van der Waals surface area contributed by atoms with Crippen LogP contribution >= 0.6 is 0 Å². The summed E-state index contributed by atoms with van der Waals surface area (Å²) in [6, 6.07) is -0.256. The van der Waals surface area contributed by atoms with E-state index in [9.17, 15) is 13.8 Å². The first-order valence-corrected chi connectivity index (χ1v) is 9.71. The molecule has 2 aliphatic rings. The fourth-order valence-electron chi connectivity index (χ4n) is 3.26. The summed E-state index contributed by atoms with van der Waals surface area (Å²) in [7, 11) is -0.799. The summed E-state index contributed by atoms with van der Waals surface area (Å²) < 4.78 is 11.0. The van der Waals surface area contributed by atoms with Crippen LogP contribution < -0.4 is 5.32 Å². The zero-order valence-corrected chi connectivity index (χ0v) is 13.6. The number of likely N-dealkylation sites (tertiary alicyclic amines) is 1. The number of nitrogens with one attached hydrogen (secondary N) is 1. The molecule has 1 aliphatic carbocycles. The second-order valence-electron chi connectivity index (χ2n) is 6.09. The van der Waals surface area contributed by atoms with E-state index in [1.54, 1.807) is 6.26 Å². The monoisotopic (exact) mass is 314 g/mol. The van der Waals surface area contributed by atoms with Crippen molar-refractivity contribution < 1.29 is 13.8 Å². The van der Waals surface area contributed by atoms with Gasteiger partial charge in [-0.2, -0.15) is 0 Å². The molecule has 1 saturated carbocycles. The molecule has 2 atom stereocenters. The predicted octanol–water partition coefficient (Wildman–Crippen LogP) is 1.19. The zero-order chi connectivity index (χ0) is 15.2. The lowest BCUT2D eigenvalue weighted by molar-refractivity contribution is -0.141. The van der Waals surface area contributed by atoms with Crippen molar-refractivity contribution in [2.45, 2.75) is 63.5 Å². The molecule has 21 heavy (non-hydrogen) atoms. The van der Waals surface area contributed by atoms with Gasteiger partial charge in [-0.25, -0.2) is 0 Å². The van der Waals surface area contributed by atoms with E-state index in [4.69, 9.17) is 0 Å². The summed E-state index contributed by atoms with van der Waals surface area (Å²) in [6.07, 6.45) is 9.29. The first-order valence-electron chi connectivity index (χ1n) is 7.99. The standard InChI is InChI=1S/C15H26N2O3S/c1-21(20)10-6-9-16-13-11-14(18)17(15(13)19)12-7-4-2-3-5-8-12/h12-13,16H,2-11H2,1H3. The molecule has 2 amide bonds. The van der Waals surface area contributed by atoms with Gasteiger partial charge in [-0.3, -0.25) is 18.7 Å². The van der Waals surface area contributed by atoms with E-state index in [0.29, 0.717) is 12.3 Å². The average Bonchev–Trinajstić information content (AvgIpc) is 2.63. The van der Waals surface area contributed by atoms with Crippen molar-refractivity contribution in [1.29, 1.82) is 0 Å². The lowest BCUT2D eigenvalue weighted by Crippen LogP contribution is -2.44. The smallest absolute Gasteiger partial charge is 0.247 e. The maximum atomic E-state index is 12.4. The van der Waals surface area contributed by atoms with Gasteiger partial charge in [0.15, 0.2) is 0 Å². The topological polar surface area (TPSA) is 66.5 Å². The molecule has 0 bridgehead atoms. The van der Waals surface area contributed by atoms with Crippen LogP contribution in [0.4, 0.5) is 0 Å². The summed E-state index contributed by atoms with van der Waals surface area (Å²) in [5.41, 5.74) is 0. The number of carbonyl (C=O) groups is 2. The Labute approximate surface area is 129 Å². The van der Waals surface area contributed by atoms with E-state index in [0.717, 1.165) is 32.1 Å². The number of carbonyl (C=O) groups excluding carboxylic acids is 2. The highest BCUT2D eigenvalue weighted by molar-refractivity contribution is 7.84. The first kappa shape index (κ1) is 16.6. The Balaban J connectivity index is 1.85. The molecular weight excluding hydrogens is 288 g/mol. The molecule has 1 heterocycles. The summed E-state index contributed by atoms with van der Waals surface area (Å²) in [5, 5.41) is 3.16. The summed E-state index contributed by atoms with van der Waals surface area (Å²) in [5.74, 6) is 0.557. The number of imide groups is 1. The van der Waals surface area contributed by atoms with Gasteiger partial charge in [0.25, 0.3) is 0 Å². The van der Waals surface area contributed by atoms with Crippen molar-refractivity contribution in [3.63, 3.8) is 0 Å². The van der Waals surface area contributed by atoms with E-state index in [1.165, 1.54) is 17.7 Å². The van der Waals surface area contributed by atoms with Crippen molar-refractivity contribution >= 4 is 22.6 Å². The van der Waals surface area contributed by atoms with Crippen molar-refractivity contribution in [3.8, 4) is 0 Å². The van der Waals surface area contributed by atoms with Crippen LogP contribution in [0.15, 0.2) is 0 Å². The van der Waals surface area contributed by atoms with Gasteiger partial charge in [0.1, 0.15) is 0 Å². The molecule has 0 aromatic carbocycles. The van der Waals surface area contributed by atoms with Crippen LogP contribution in [0.1, 0.15) is 51.4 Å². The summed E-state index contributed by atoms with van der Waals surface area (Å²) in [4.78, 5) is 26.1. The largest absolute Gasteiger partial charge is 0.305 e. The van der Waals surface area contributed by atoms with Crippen molar-refractivity contribution in [1.82, 2.24) is 10.2 Å². The normalized spacial score (nSPS) is 26.1. The fourth-order valence-corrected chi connectivity index (χ4v) is 3.81. The predicted molar refractivity (Wildman–Crippen MR) is 83.3 cm³/mol. The van der Waals surface area contributed by atoms with Gasteiger partial charge < -0.3 is 5.32 Å². The molecule has 2 fully saturated rings. The lowest BCUT2D eigenvalue weighted by atomic mass is 10.1. The molecule has 5 nitrogen and oxygen atoms in total. The number of hydrogen-bond acceptors (Lipinski definition) is 4. The summed E-state index contributed by atoms with van der Waals surface area (Å²) >= 11 is 0. The molecule has 1 N–H and O–H groups in total. The highest BCUT2D eigenvalue weighted by atomic mass is 32.2. The molecule has 1 aliphatic heterocycles. The van der Waals surface area contributed by atoms with E-state index < -0.39 is 10.8 Å². The van der Waals surface area contributed by atoms with E-state index >= 15 is 0 Å². The van der Waals surface area contributed by atoms with Crippen LogP contribution in [0, 0.1) is 0 Å². The van der Waals surface area contributed by atoms with Gasteiger partial charge in [0, 0.05) is 28.9 Å². The van der Waals surface area contributed by atoms with Crippen LogP contribution in [0.25, 0.3) is 0 Å². The van der Waals surface area contributed by atoms with Crippen LogP contribution in [0.5, 0.6) is 0 Å². The molecule has 2 unspecified atom stereocenters. The zero-order valence-electron chi connectivity index (χ0n) is 12.8. The Morgan fingerprint density at radius 3 is 2.48 bits per heavy atom. The summed E-state index contributed by atoms with van der Waals surface area (Å²) in [6.45, 7) is 0.641. The number of amides is 2. The Morgan fingerprint density at radius 2 is 1.86 bits per heavy atom. The van der Waals surface area contributed by atoms with E-state index in [1.807, 2.05) is 0 Å². The molecule has 2 rings (SSSR count). The van der Waals surface area contributed by atoms with Gasteiger partial charge >= 0.3 is 0 Å². The third kappa shape index (κ3) is 4.61. The van der Waals surface area contributed by atoms with Crippen LogP contribution in [0.2, 0.25) is 0 Å². The third-order valence-electron chi connectivity index (χ3n) is 4.37. The van der Waals surface area contributed by atoms with Gasteiger partial charge in [-0.15, -0.1) is 0 Å². The van der Waals surface area contributed by atoms with Crippen molar-refractivity contribution in [2.75, 3.05) is 18.6 Å². The third-order valence-corrected chi connectivity index (χ3v) is 5.24. The molecule has 0 aromatic heterocycles.